The summed E-state index contributed by atoms with van der Waals surface area (Å²) < 4.78 is 0. The van der Waals surface area contributed by atoms with E-state index in [1.54, 1.807) is 0 Å². The van der Waals surface area contributed by atoms with E-state index in [1.165, 1.54) is 25.3 Å². The van der Waals surface area contributed by atoms with Gasteiger partial charge in [0.05, 0.1) is 0 Å². The van der Waals surface area contributed by atoms with E-state index in [9.17, 15) is 0 Å². The standard InChI is InChI=1S/C13H24Si/c1-5-12-8-9-13(11-12)7-6-10-14(2,3)4/h5-7,12-13H,1,8-11H2,2-4H3/b7-6+. The van der Waals surface area contributed by atoms with Crippen molar-refractivity contribution in [1.29, 1.82) is 0 Å². The van der Waals surface area contributed by atoms with Gasteiger partial charge < -0.3 is 0 Å². The number of rotatable bonds is 4. The van der Waals surface area contributed by atoms with E-state index in [-0.39, 0.29) is 0 Å². The first kappa shape index (κ1) is 11.8. The highest BCUT2D eigenvalue weighted by molar-refractivity contribution is 6.76. The van der Waals surface area contributed by atoms with Crippen molar-refractivity contribution < 1.29 is 0 Å². The molecule has 0 heterocycles. The van der Waals surface area contributed by atoms with E-state index in [0.29, 0.717) is 0 Å². The molecule has 0 spiro atoms. The smallest absolute Gasteiger partial charge is 0.0480 e. The molecule has 1 aliphatic carbocycles. The topological polar surface area (TPSA) is 0 Å². The van der Waals surface area contributed by atoms with Crippen LogP contribution in [0.4, 0.5) is 0 Å². The van der Waals surface area contributed by atoms with Crippen LogP contribution in [0.5, 0.6) is 0 Å². The Kier molecular flexibility index (Phi) is 4.18. The fraction of sp³-hybridized carbons (Fsp3) is 0.692. The second-order valence-corrected chi connectivity index (χ2v) is 11.3. The Morgan fingerprint density at radius 2 is 1.86 bits per heavy atom. The predicted octanol–water partition coefficient (Wildman–Crippen LogP) is 4.48. The van der Waals surface area contributed by atoms with E-state index in [0.717, 1.165) is 11.8 Å². The van der Waals surface area contributed by atoms with E-state index in [4.69, 9.17) is 0 Å². The Morgan fingerprint density at radius 3 is 2.36 bits per heavy atom. The highest BCUT2D eigenvalue weighted by Crippen LogP contribution is 2.32. The molecule has 0 aromatic rings. The summed E-state index contributed by atoms with van der Waals surface area (Å²) in [6.07, 6.45) is 11.1. The van der Waals surface area contributed by atoms with Gasteiger partial charge in [-0.25, -0.2) is 0 Å². The monoisotopic (exact) mass is 208 g/mol. The average Bonchev–Trinajstić information content (AvgIpc) is 2.50. The molecule has 0 nitrogen and oxygen atoms in total. The number of allylic oxidation sites excluding steroid dienone is 3. The molecule has 0 aromatic carbocycles. The third-order valence-corrected chi connectivity index (χ3v) is 4.45. The molecule has 1 heteroatoms. The summed E-state index contributed by atoms with van der Waals surface area (Å²) in [5, 5.41) is 0. The zero-order valence-corrected chi connectivity index (χ0v) is 10.9. The fourth-order valence-electron chi connectivity index (χ4n) is 2.06. The maximum absolute atomic E-state index is 3.88. The quantitative estimate of drug-likeness (QED) is 0.472. The minimum Gasteiger partial charge on any atom is -0.103 e. The molecule has 0 aliphatic heterocycles. The minimum absolute atomic E-state index is 0.788. The van der Waals surface area contributed by atoms with E-state index < -0.39 is 8.07 Å². The lowest BCUT2D eigenvalue weighted by Gasteiger charge is -2.12. The molecule has 0 radical (unpaired) electrons. The molecule has 0 amide bonds. The molecule has 1 fully saturated rings. The zero-order chi connectivity index (χ0) is 10.6. The summed E-state index contributed by atoms with van der Waals surface area (Å²) in [7, 11) is -0.861. The number of hydrogen-bond acceptors (Lipinski definition) is 0. The van der Waals surface area contributed by atoms with Gasteiger partial charge in [-0.2, -0.15) is 0 Å². The van der Waals surface area contributed by atoms with Crippen molar-refractivity contribution in [3.8, 4) is 0 Å². The van der Waals surface area contributed by atoms with Crippen molar-refractivity contribution in [3.63, 3.8) is 0 Å². The number of hydrogen-bond donors (Lipinski definition) is 0. The van der Waals surface area contributed by atoms with Crippen LogP contribution >= 0.6 is 0 Å². The van der Waals surface area contributed by atoms with Gasteiger partial charge in [0.1, 0.15) is 0 Å². The normalized spacial score (nSPS) is 28.5. The van der Waals surface area contributed by atoms with Gasteiger partial charge in [0.25, 0.3) is 0 Å². The summed E-state index contributed by atoms with van der Waals surface area (Å²) in [6.45, 7) is 11.2. The van der Waals surface area contributed by atoms with Crippen molar-refractivity contribution in [3.05, 3.63) is 24.8 Å². The largest absolute Gasteiger partial charge is 0.103 e. The predicted molar refractivity (Wildman–Crippen MR) is 68.3 cm³/mol. The van der Waals surface area contributed by atoms with Crippen LogP contribution in [0.3, 0.4) is 0 Å². The lowest BCUT2D eigenvalue weighted by molar-refractivity contribution is 0.639. The molecule has 1 aliphatic rings. The van der Waals surface area contributed by atoms with E-state index in [2.05, 4.69) is 44.4 Å². The summed E-state index contributed by atoms with van der Waals surface area (Å²) >= 11 is 0. The van der Waals surface area contributed by atoms with Gasteiger partial charge >= 0.3 is 0 Å². The molecule has 0 N–H and O–H groups in total. The summed E-state index contributed by atoms with van der Waals surface area (Å²) in [6, 6.07) is 1.34. The first-order valence-corrected chi connectivity index (χ1v) is 9.51. The van der Waals surface area contributed by atoms with Crippen molar-refractivity contribution >= 4 is 8.07 Å². The highest BCUT2D eigenvalue weighted by atomic mass is 28.3. The van der Waals surface area contributed by atoms with Crippen LogP contribution in [0.25, 0.3) is 0 Å². The average molecular weight is 208 g/mol. The molecule has 0 aromatic heterocycles. The summed E-state index contributed by atoms with van der Waals surface area (Å²) in [5.41, 5.74) is 0. The summed E-state index contributed by atoms with van der Waals surface area (Å²) in [4.78, 5) is 0. The van der Waals surface area contributed by atoms with E-state index >= 15 is 0 Å². The summed E-state index contributed by atoms with van der Waals surface area (Å²) in [5.74, 6) is 1.63. The van der Waals surface area contributed by atoms with Gasteiger partial charge in [0.2, 0.25) is 0 Å². The first-order valence-electron chi connectivity index (χ1n) is 5.80. The molecule has 1 rings (SSSR count). The molecule has 2 atom stereocenters. The first-order chi connectivity index (χ1) is 6.51. The van der Waals surface area contributed by atoms with Gasteiger partial charge in [0, 0.05) is 8.07 Å². The van der Waals surface area contributed by atoms with Crippen LogP contribution in [0.2, 0.25) is 25.7 Å². The fourth-order valence-corrected chi connectivity index (χ4v) is 2.90. The van der Waals surface area contributed by atoms with Gasteiger partial charge in [-0.15, -0.1) is 6.58 Å². The Labute approximate surface area is 90.1 Å². The third-order valence-electron chi connectivity index (χ3n) is 2.99. The van der Waals surface area contributed by atoms with Crippen LogP contribution in [0.1, 0.15) is 19.3 Å². The molecule has 14 heavy (non-hydrogen) atoms. The van der Waals surface area contributed by atoms with Gasteiger partial charge in [-0.3, -0.25) is 0 Å². The van der Waals surface area contributed by atoms with Crippen LogP contribution < -0.4 is 0 Å². The lowest BCUT2D eigenvalue weighted by Crippen LogP contribution is -2.17. The van der Waals surface area contributed by atoms with Crippen LogP contribution in [-0.4, -0.2) is 8.07 Å². The van der Waals surface area contributed by atoms with Crippen LogP contribution in [-0.2, 0) is 0 Å². The van der Waals surface area contributed by atoms with Crippen LogP contribution in [0.15, 0.2) is 24.8 Å². The molecular weight excluding hydrogens is 184 g/mol. The van der Waals surface area contributed by atoms with Gasteiger partial charge in [0.15, 0.2) is 0 Å². The molecule has 2 unspecified atom stereocenters. The molecule has 0 saturated heterocycles. The highest BCUT2D eigenvalue weighted by Gasteiger charge is 2.20. The SMILES string of the molecule is C=CC1CCC(/C=C/C[Si](C)(C)C)C1. The maximum Gasteiger partial charge on any atom is 0.0480 e. The second-order valence-electron chi connectivity index (χ2n) is 5.76. The van der Waals surface area contributed by atoms with E-state index in [1.807, 2.05) is 0 Å². The molecule has 80 valence electrons. The molecular formula is C13H24Si. The second kappa shape index (κ2) is 4.97. The van der Waals surface area contributed by atoms with Crippen molar-refractivity contribution in [1.82, 2.24) is 0 Å². The van der Waals surface area contributed by atoms with Crippen molar-refractivity contribution in [2.75, 3.05) is 0 Å². The van der Waals surface area contributed by atoms with Crippen molar-refractivity contribution in [2.45, 2.75) is 44.9 Å². The van der Waals surface area contributed by atoms with Crippen LogP contribution in [0, 0.1) is 11.8 Å². The minimum atomic E-state index is -0.861. The zero-order valence-electron chi connectivity index (χ0n) is 9.92. The Hall–Kier alpha value is -0.303. The lowest BCUT2D eigenvalue weighted by atomic mass is 10.1. The Balaban J connectivity index is 2.28. The molecule has 0 bridgehead atoms. The van der Waals surface area contributed by atoms with Crippen molar-refractivity contribution in [2.24, 2.45) is 11.8 Å². The Morgan fingerprint density at radius 1 is 1.21 bits per heavy atom. The Bertz CT molecular complexity index is 210. The molecule has 1 saturated carbocycles. The third kappa shape index (κ3) is 4.27. The van der Waals surface area contributed by atoms with Gasteiger partial charge in [-0.05, 0) is 37.1 Å². The maximum atomic E-state index is 3.88. The van der Waals surface area contributed by atoms with Gasteiger partial charge in [-0.1, -0.05) is 37.9 Å².